The number of likely N-dealkylation sites (tertiary alicyclic amines) is 1. The van der Waals surface area contributed by atoms with Crippen molar-refractivity contribution in [3.63, 3.8) is 0 Å². The van der Waals surface area contributed by atoms with Crippen LogP contribution >= 0.6 is 0 Å². The lowest BCUT2D eigenvalue weighted by Crippen LogP contribution is -2.48. The van der Waals surface area contributed by atoms with E-state index in [1.165, 1.54) is 0 Å². The standard InChI is InChI=1S/C26H29N3O5/c1-2-33-21-9-5-6-10-22(21)34-19-12-15-28(16-13-19)23(30)17-29-24(31)26(27-25(29)32)14-11-18-7-3-4-8-20(18)26/h3-10,19H,2,11-17H2,1H3,(H,27,32). The Morgan fingerprint density at radius 2 is 1.76 bits per heavy atom. The Bertz CT molecular complexity index is 1110. The number of nitrogens with zero attached hydrogens (tertiary/aromatic N) is 2. The molecule has 0 radical (unpaired) electrons. The fourth-order valence-corrected chi connectivity index (χ4v) is 5.19. The molecule has 2 aromatic carbocycles. The Morgan fingerprint density at radius 3 is 2.53 bits per heavy atom. The molecule has 178 valence electrons. The van der Waals surface area contributed by atoms with Gasteiger partial charge in [0, 0.05) is 25.9 Å². The molecule has 0 saturated carbocycles. The molecule has 2 saturated heterocycles. The zero-order valence-electron chi connectivity index (χ0n) is 19.3. The summed E-state index contributed by atoms with van der Waals surface area (Å²) in [6.45, 7) is 3.27. The normalized spacial score (nSPS) is 22.1. The number of hydrogen-bond donors (Lipinski definition) is 1. The van der Waals surface area contributed by atoms with Crippen LogP contribution in [0.15, 0.2) is 48.5 Å². The first-order valence-electron chi connectivity index (χ1n) is 11.9. The van der Waals surface area contributed by atoms with Gasteiger partial charge in [-0.3, -0.25) is 14.5 Å². The summed E-state index contributed by atoms with van der Waals surface area (Å²) >= 11 is 0. The van der Waals surface area contributed by atoms with E-state index in [4.69, 9.17) is 9.47 Å². The van der Waals surface area contributed by atoms with Gasteiger partial charge in [0.15, 0.2) is 11.5 Å². The van der Waals surface area contributed by atoms with Crippen molar-refractivity contribution in [1.29, 1.82) is 0 Å². The number of amides is 4. The van der Waals surface area contributed by atoms with Crippen LogP contribution in [0.1, 0.15) is 37.3 Å². The van der Waals surface area contributed by atoms with Crippen molar-refractivity contribution in [2.75, 3.05) is 26.2 Å². The van der Waals surface area contributed by atoms with Crippen molar-refractivity contribution in [2.24, 2.45) is 0 Å². The van der Waals surface area contributed by atoms with Crippen molar-refractivity contribution in [3.8, 4) is 11.5 Å². The number of rotatable bonds is 6. The highest BCUT2D eigenvalue weighted by atomic mass is 16.5. The second-order valence-electron chi connectivity index (χ2n) is 8.96. The Kier molecular flexibility index (Phi) is 5.89. The molecule has 0 aromatic heterocycles. The van der Waals surface area contributed by atoms with Crippen molar-refractivity contribution in [3.05, 3.63) is 59.7 Å². The SMILES string of the molecule is CCOc1ccccc1OC1CCN(C(=O)CN2C(=O)NC3(CCc4ccccc43)C2=O)CC1. The Hall–Kier alpha value is -3.55. The lowest BCUT2D eigenvalue weighted by molar-refractivity contribution is -0.140. The molecule has 3 aliphatic rings. The number of piperidine rings is 1. The van der Waals surface area contributed by atoms with Gasteiger partial charge in [-0.2, -0.15) is 0 Å². The van der Waals surface area contributed by atoms with Gasteiger partial charge in [0.25, 0.3) is 5.91 Å². The van der Waals surface area contributed by atoms with Crippen LogP contribution in [0.3, 0.4) is 0 Å². The molecule has 5 rings (SSSR count). The van der Waals surface area contributed by atoms with E-state index in [0.717, 1.165) is 22.4 Å². The molecule has 1 spiro atoms. The second kappa shape index (κ2) is 9.00. The van der Waals surface area contributed by atoms with Crippen molar-refractivity contribution in [2.45, 2.75) is 44.2 Å². The number of fused-ring (bicyclic) bond motifs is 2. The van der Waals surface area contributed by atoms with E-state index in [2.05, 4.69) is 5.32 Å². The maximum absolute atomic E-state index is 13.3. The Balaban J connectivity index is 1.19. The first-order chi connectivity index (χ1) is 16.5. The summed E-state index contributed by atoms with van der Waals surface area (Å²) in [6.07, 6.45) is 2.56. The number of nitrogens with one attached hydrogen (secondary N) is 1. The highest BCUT2D eigenvalue weighted by Crippen LogP contribution is 2.41. The zero-order valence-corrected chi connectivity index (χ0v) is 19.3. The number of ether oxygens (including phenoxy) is 2. The van der Waals surface area contributed by atoms with Crippen LogP contribution in [0.25, 0.3) is 0 Å². The molecular formula is C26H29N3O5. The molecule has 1 N–H and O–H groups in total. The van der Waals surface area contributed by atoms with Gasteiger partial charge < -0.3 is 19.7 Å². The van der Waals surface area contributed by atoms with E-state index in [1.807, 2.05) is 55.5 Å². The van der Waals surface area contributed by atoms with Gasteiger partial charge in [0.1, 0.15) is 18.2 Å². The summed E-state index contributed by atoms with van der Waals surface area (Å²) in [5, 5.41) is 2.88. The van der Waals surface area contributed by atoms with Crippen molar-refractivity contribution < 1.29 is 23.9 Å². The number of imide groups is 1. The predicted molar refractivity (Wildman–Crippen MR) is 125 cm³/mol. The molecule has 2 aliphatic heterocycles. The van der Waals surface area contributed by atoms with Crippen LogP contribution in [-0.4, -0.2) is 60.0 Å². The summed E-state index contributed by atoms with van der Waals surface area (Å²) in [5.41, 5.74) is 0.869. The largest absolute Gasteiger partial charge is 0.490 e. The number of hydrogen-bond acceptors (Lipinski definition) is 5. The molecule has 4 amide bonds. The van der Waals surface area contributed by atoms with Crippen LogP contribution in [0.4, 0.5) is 4.79 Å². The lowest BCUT2D eigenvalue weighted by Gasteiger charge is -2.33. The molecule has 34 heavy (non-hydrogen) atoms. The van der Waals surface area contributed by atoms with Gasteiger partial charge >= 0.3 is 6.03 Å². The fourth-order valence-electron chi connectivity index (χ4n) is 5.19. The topological polar surface area (TPSA) is 88.2 Å². The summed E-state index contributed by atoms with van der Waals surface area (Å²) in [6, 6.07) is 14.8. The molecule has 8 heteroatoms. The average molecular weight is 464 g/mol. The van der Waals surface area contributed by atoms with Crippen LogP contribution < -0.4 is 14.8 Å². The van der Waals surface area contributed by atoms with Crippen molar-refractivity contribution >= 4 is 17.8 Å². The molecule has 1 aliphatic carbocycles. The summed E-state index contributed by atoms with van der Waals surface area (Å²) in [7, 11) is 0. The molecule has 2 aromatic rings. The van der Waals surface area contributed by atoms with Crippen LogP contribution in [-0.2, 0) is 21.5 Å². The van der Waals surface area contributed by atoms with Gasteiger partial charge in [-0.1, -0.05) is 36.4 Å². The van der Waals surface area contributed by atoms with E-state index in [9.17, 15) is 14.4 Å². The van der Waals surface area contributed by atoms with Crippen molar-refractivity contribution in [1.82, 2.24) is 15.1 Å². The lowest BCUT2D eigenvalue weighted by atomic mass is 9.92. The highest BCUT2D eigenvalue weighted by molar-refractivity contribution is 6.09. The van der Waals surface area contributed by atoms with E-state index in [0.29, 0.717) is 50.5 Å². The zero-order chi connectivity index (χ0) is 23.7. The van der Waals surface area contributed by atoms with E-state index in [-0.39, 0.29) is 24.5 Å². The third kappa shape index (κ3) is 3.87. The fraction of sp³-hybridized carbons (Fsp3) is 0.423. The van der Waals surface area contributed by atoms with Gasteiger partial charge in [0.2, 0.25) is 5.91 Å². The third-order valence-corrected chi connectivity index (χ3v) is 6.95. The maximum Gasteiger partial charge on any atom is 0.325 e. The average Bonchev–Trinajstić information content (AvgIpc) is 3.34. The van der Waals surface area contributed by atoms with Crippen LogP contribution in [0, 0.1) is 0 Å². The Labute approximate surface area is 198 Å². The minimum Gasteiger partial charge on any atom is -0.490 e. The number of aryl methyl sites for hydroxylation is 1. The van der Waals surface area contributed by atoms with Gasteiger partial charge in [0.05, 0.1) is 6.61 Å². The first-order valence-corrected chi connectivity index (χ1v) is 11.9. The molecular weight excluding hydrogens is 434 g/mol. The summed E-state index contributed by atoms with van der Waals surface area (Å²) < 4.78 is 11.8. The molecule has 8 nitrogen and oxygen atoms in total. The molecule has 2 fully saturated rings. The van der Waals surface area contributed by atoms with Crippen LogP contribution in [0.5, 0.6) is 11.5 Å². The number of benzene rings is 2. The number of para-hydroxylation sites is 2. The number of carbonyl (C=O) groups is 3. The number of carbonyl (C=O) groups excluding carboxylic acids is 3. The quantitative estimate of drug-likeness (QED) is 0.666. The third-order valence-electron chi connectivity index (χ3n) is 6.95. The second-order valence-corrected chi connectivity index (χ2v) is 8.96. The Morgan fingerprint density at radius 1 is 1.06 bits per heavy atom. The molecule has 1 unspecified atom stereocenters. The predicted octanol–water partition coefficient (Wildman–Crippen LogP) is 2.85. The van der Waals surface area contributed by atoms with Crippen LogP contribution in [0.2, 0.25) is 0 Å². The molecule has 0 bridgehead atoms. The highest BCUT2D eigenvalue weighted by Gasteiger charge is 2.55. The minimum atomic E-state index is -1.04. The summed E-state index contributed by atoms with van der Waals surface area (Å²) in [5.74, 6) is 0.863. The summed E-state index contributed by atoms with van der Waals surface area (Å²) in [4.78, 5) is 41.8. The van der Waals surface area contributed by atoms with E-state index in [1.54, 1.807) is 4.90 Å². The molecule has 2 heterocycles. The smallest absolute Gasteiger partial charge is 0.325 e. The van der Waals surface area contributed by atoms with E-state index < -0.39 is 11.6 Å². The first kappa shape index (κ1) is 22.3. The van der Waals surface area contributed by atoms with Gasteiger partial charge in [-0.15, -0.1) is 0 Å². The number of urea groups is 1. The minimum absolute atomic E-state index is 0.0272. The van der Waals surface area contributed by atoms with Gasteiger partial charge in [-0.05, 0) is 43.0 Å². The molecule has 1 atom stereocenters. The van der Waals surface area contributed by atoms with Gasteiger partial charge in [-0.25, -0.2) is 4.79 Å². The monoisotopic (exact) mass is 463 g/mol. The maximum atomic E-state index is 13.3. The van der Waals surface area contributed by atoms with E-state index >= 15 is 0 Å².